The molecule has 8 nitrogen and oxygen atoms in total. The summed E-state index contributed by atoms with van der Waals surface area (Å²) >= 11 is 0. The maximum Gasteiger partial charge on any atom is 0.227 e. The second-order valence-corrected chi connectivity index (χ2v) is 8.01. The van der Waals surface area contributed by atoms with E-state index in [1.54, 1.807) is 26.2 Å². The van der Waals surface area contributed by atoms with Gasteiger partial charge in [-0.05, 0) is 29.7 Å². The molecule has 1 heterocycles. The summed E-state index contributed by atoms with van der Waals surface area (Å²) in [6.45, 7) is 1.12. The van der Waals surface area contributed by atoms with Gasteiger partial charge < -0.3 is 34.6 Å². The van der Waals surface area contributed by atoms with E-state index < -0.39 is 11.7 Å². The van der Waals surface area contributed by atoms with Gasteiger partial charge in [-0.2, -0.15) is 0 Å². The largest absolute Gasteiger partial charge is 0.493 e. The molecular weight excluding hydrogens is 412 g/mol. The fraction of sp³-hybridized carbons (Fsp3) is 0.458. The lowest BCUT2D eigenvalue weighted by Gasteiger charge is -2.42. The highest BCUT2D eigenvalue weighted by Crippen LogP contribution is 2.38. The molecule has 0 spiro atoms. The minimum Gasteiger partial charge on any atom is -0.493 e. The summed E-state index contributed by atoms with van der Waals surface area (Å²) in [5, 5.41) is 24.8. The number of benzene rings is 2. The SMILES string of the molecule is COc1cc(CNC[C@@]2(O)CCN(C(=O)Cc3ccccc3)C[C@@H]2O)cc(OC)c1OC. The first-order valence-electron chi connectivity index (χ1n) is 10.6. The number of piperidine rings is 1. The predicted octanol–water partition coefficient (Wildman–Crippen LogP) is 1.37. The first-order valence-corrected chi connectivity index (χ1v) is 10.6. The molecule has 0 bridgehead atoms. The van der Waals surface area contributed by atoms with Crippen molar-refractivity contribution in [2.45, 2.75) is 31.1 Å². The molecule has 2 aromatic carbocycles. The lowest BCUT2D eigenvalue weighted by molar-refractivity contribution is -0.148. The lowest BCUT2D eigenvalue weighted by Crippen LogP contribution is -2.60. The molecule has 0 aliphatic carbocycles. The number of amides is 1. The molecular formula is C24H32N2O6. The topological polar surface area (TPSA) is 100 Å². The number of aliphatic hydroxyl groups excluding tert-OH is 1. The maximum absolute atomic E-state index is 12.6. The van der Waals surface area contributed by atoms with Crippen molar-refractivity contribution in [1.29, 1.82) is 0 Å². The van der Waals surface area contributed by atoms with E-state index in [2.05, 4.69) is 5.32 Å². The van der Waals surface area contributed by atoms with Crippen LogP contribution in [0.5, 0.6) is 17.2 Å². The number of likely N-dealkylation sites (tertiary alicyclic amines) is 1. The van der Waals surface area contributed by atoms with E-state index >= 15 is 0 Å². The van der Waals surface area contributed by atoms with Crippen molar-refractivity contribution in [3.05, 3.63) is 53.6 Å². The van der Waals surface area contributed by atoms with Crippen molar-refractivity contribution >= 4 is 5.91 Å². The van der Waals surface area contributed by atoms with Crippen LogP contribution in [0.25, 0.3) is 0 Å². The summed E-state index contributed by atoms with van der Waals surface area (Å²) in [6, 6.07) is 13.2. The number of carbonyl (C=O) groups is 1. The van der Waals surface area contributed by atoms with Crippen LogP contribution >= 0.6 is 0 Å². The van der Waals surface area contributed by atoms with Crippen LogP contribution in [0.1, 0.15) is 17.5 Å². The fourth-order valence-electron chi connectivity index (χ4n) is 3.94. The van der Waals surface area contributed by atoms with Crippen molar-refractivity contribution in [1.82, 2.24) is 10.2 Å². The molecule has 3 rings (SSSR count). The van der Waals surface area contributed by atoms with Crippen LogP contribution in [0.4, 0.5) is 0 Å². The van der Waals surface area contributed by atoms with Crippen molar-refractivity contribution in [3.8, 4) is 17.2 Å². The van der Waals surface area contributed by atoms with Crippen LogP contribution in [-0.2, 0) is 17.8 Å². The molecule has 1 aliphatic heterocycles. The molecule has 1 fully saturated rings. The third kappa shape index (κ3) is 5.51. The average Bonchev–Trinajstić information content (AvgIpc) is 2.80. The fourth-order valence-corrected chi connectivity index (χ4v) is 3.94. The van der Waals surface area contributed by atoms with E-state index in [-0.39, 0.29) is 31.8 Å². The first-order chi connectivity index (χ1) is 15.4. The summed E-state index contributed by atoms with van der Waals surface area (Å²) in [7, 11) is 4.66. The zero-order valence-corrected chi connectivity index (χ0v) is 18.8. The second kappa shape index (κ2) is 10.7. The van der Waals surface area contributed by atoms with E-state index in [4.69, 9.17) is 14.2 Å². The Morgan fingerprint density at radius 3 is 2.31 bits per heavy atom. The molecule has 1 saturated heterocycles. The van der Waals surface area contributed by atoms with Gasteiger partial charge in [0.05, 0.1) is 27.8 Å². The zero-order valence-electron chi connectivity index (χ0n) is 18.8. The predicted molar refractivity (Wildman–Crippen MR) is 120 cm³/mol. The Kier molecular flexibility index (Phi) is 7.95. The van der Waals surface area contributed by atoms with E-state index in [1.807, 2.05) is 42.5 Å². The monoisotopic (exact) mass is 444 g/mol. The van der Waals surface area contributed by atoms with Gasteiger partial charge in [0, 0.05) is 26.2 Å². The number of ether oxygens (including phenoxy) is 3. The number of hydrogen-bond acceptors (Lipinski definition) is 7. The number of carbonyl (C=O) groups excluding carboxylic acids is 1. The summed E-state index contributed by atoms with van der Waals surface area (Å²) in [4.78, 5) is 14.2. The number of rotatable bonds is 9. The van der Waals surface area contributed by atoms with Crippen LogP contribution < -0.4 is 19.5 Å². The Bertz CT molecular complexity index is 882. The van der Waals surface area contributed by atoms with E-state index in [0.717, 1.165) is 11.1 Å². The molecule has 174 valence electrons. The highest BCUT2D eigenvalue weighted by Gasteiger charge is 2.41. The van der Waals surface area contributed by atoms with Crippen molar-refractivity contribution < 1.29 is 29.2 Å². The van der Waals surface area contributed by atoms with Crippen LogP contribution in [-0.4, -0.2) is 73.7 Å². The van der Waals surface area contributed by atoms with E-state index in [1.165, 1.54) is 0 Å². The number of nitrogens with one attached hydrogen (secondary N) is 1. The van der Waals surface area contributed by atoms with E-state index in [0.29, 0.717) is 30.3 Å². The Labute approximate surface area is 188 Å². The van der Waals surface area contributed by atoms with Crippen molar-refractivity contribution in [2.75, 3.05) is 41.0 Å². The molecule has 1 amide bonds. The average molecular weight is 445 g/mol. The molecule has 0 aromatic heterocycles. The summed E-state index contributed by atoms with van der Waals surface area (Å²) in [6.07, 6.45) is -0.467. The number of methoxy groups -OCH3 is 3. The van der Waals surface area contributed by atoms with Gasteiger partial charge in [0.25, 0.3) is 0 Å². The van der Waals surface area contributed by atoms with Crippen LogP contribution in [0.15, 0.2) is 42.5 Å². The molecule has 2 atom stereocenters. The Hall–Kier alpha value is -2.81. The highest BCUT2D eigenvalue weighted by atomic mass is 16.5. The van der Waals surface area contributed by atoms with Crippen molar-refractivity contribution in [2.24, 2.45) is 0 Å². The molecule has 1 aliphatic rings. The summed E-state index contributed by atoms with van der Waals surface area (Å²) < 4.78 is 16.1. The Morgan fingerprint density at radius 2 is 1.75 bits per heavy atom. The van der Waals surface area contributed by atoms with Crippen LogP contribution in [0, 0.1) is 0 Å². The van der Waals surface area contributed by atoms with Gasteiger partial charge in [-0.1, -0.05) is 30.3 Å². The van der Waals surface area contributed by atoms with Gasteiger partial charge in [0.1, 0.15) is 11.7 Å². The molecule has 2 aromatic rings. The minimum atomic E-state index is -1.32. The molecule has 0 unspecified atom stereocenters. The zero-order chi connectivity index (χ0) is 23.1. The van der Waals surface area contributed by atoms with Gasteiger partial charge in [-0.3, -0.25) is 4.79 Å². The number of nitrogens with zero attached hydrogens (tertiary/aromatic N) is 1. The second-order valence-electron chi connectivity index (χ2n) is 8.01. The lowest BCUT2D eigenvalue weighted by atomic mass is 9.88. The normalized spacial score (nSPS) is 20.7. The third-order valence-electron chi connectivity index (χ3n) is 5.86. The summed E-state index contributed by atoms with van der Waals surface area (Å²) in [5.41, 5.74) is 0.498. The molecule has 0 saturated carbocycles. The number of β-amino-alcohol motifs (C(OH)–C–C–N with tert-alkyl or cyclic N) is 1. The van der Waals surface area contributed by atoms with Gasteiger partial charge in [-0.25, -0.2) is 0 Å². The first kappa shape index (κ1) is 23.8. The number of aliphatic hydroxyl groups is 2. The van der Waals surface area contributed by atoms with Crippen LogP contribution in [0.2, 0.25) is 0 Å². The quantitative estimate of drug-likeness (QED) is 0.537. The smallest absolute Gasteiger partial charge is 0.227 e. The van der Waals surface area contributed by atoms with Crippen molar-refractivity contribution in [3.63, 3.8) is 0 Å². The van der Waals surface area contributed by atoms with Crippen LogP contribution in [0.3, 0.4) is 0 Å². The standard InChI is InChI=1S/C24H32N2O6/c1-30-19-11-18(12-20(31-2)23(19)32-3)14-25-16-24(29)9-10-26(15-21(24)27)22(28)13-17-7-5-4-6-8-17/h4-8,11-12,21,25,27,29H,9-10,13-16H2,1-3H3/t21-,24-/m0/s1. The van der Waals surface area contributed by atoms with Gasteiger partial charge in [-0.15, -0.1) is 0 Å². The Morgan fingerprint density at radius 1 is 1.09 bits per heavy atom. The molecule has 32 heavy (non-hydrogen) atoms. The number of hydrogen-bond donors (Lipinski definition) is 3. The van der Waals surface area contributed by atoms with Gasteiger partial charge >= 0.3 is 0 Å². The Balaban J connectivity index is 1.55. The maximum atomic E-state index is 12.6. The van der Waals surface area contributed by atoms with Gasteiger partial charge in [0.15, 0.2) is 11.5 Å². The molecule has 3 N–H and O–H groups in total. The third-order valence-corrected chi connectivity index (χ3v) is 5.86. The highest BCUT2D eigenvalue weighted by molar-refractivity contribution is 5.79. The van der Waals surface area contributed by atoms with Gasteiger partial charge in [0.2, 0.25) is 11.7 Å². The summed E-state index contributed by atoms with van der Waals surface area (Å²) in [5.74, 6) is 1.56. The molecule has 8 heteroatoms. The van der Waals surface area contributed by atoms with E-state index in [9.17, 15) is 15.0 Å². The molecule has 0 radical (unpaired) electrons. The minimum absolute atomic E-state index is 0.0531.